The zero-order valence-corrected chi connectivity index (χ0v) is 25.4. The van der Waals surface area contributed by atoms with Gasteiger partial charge in [-0.1, -0.05) is 11.3 Å². The number of aromatic amines is 1. The number of hydrogen-bond acceptors (Lipinski definition) is 15. The van der Waals surface area contributed by atoms with Gasteiger partial charge < -0.3 is 25.4 Å². The number of hydrogen-bond donors (Lipinski definition) is 5. The fourth-order valence-electron chi connectivity index (χ4n) is 3.16. The molecular weight excluding hydrogens is 673 g/mol. The van der Waals surface area contributed by atoms with E-state index in [-0.39, 0.29) is 78.4 Å². The number of nitrogens with one attached hydrogen (secondary N) is 1. The summed E-state index contributed by atoms with van der Waals surface area (Å²) < 4.78 is 3.58. The molecule has 5 N–H and O–H groups in total. The molecule has 2 heterocycles. The van der Waals surface area contributed by atoms with Crippen LogP contribution in [0.1, 0.15) is 13.8 Å². The Hall–Kier alpha value is -4.57. The summed E-state index contributed by atoms with van der Waals surface area (Å²) in [6.45, 7) is 4.53. The van der Waals surface area contributed by atoms with Crippen LogP contribution in [-0.4, -0.2) is 44.4 Å². The van der Waals surface area contributed by atoms with Gasteiger partial charge in [0, 0.05) is 54.1 Å². The molecule has 0 saturated carbocycles. The first-order chi connectivity index (χ1) is 19.9. The summed E-state index contributed by atoms with van der Waals surface area (Å²) in [6.07, 6.45) is 0. The number of azo groups is 2. The normalized spacial score (nSPS) is 10.8. The monoisotopic (exact) mass is 694 g/mol. The van der Waals surface area contributed by atoms with Gasteiger partial charge in [-0.15, -0.1) is 20.5 Å². The van der Waals surface area contributed by atoms with Crippen LogP contribution in [0.3, 0.4) is 0 Å². The Balaban J connectivity index is 0.000000293. The molecule has 4 aromatic rings. The van der Waals surface area contributed by atoms with Crippen LogP contribution in [0.25, 0.3) is 0 Å². The largest absolute Gasteiger partial charge is 0.506 e. The van der Waals surface area contributed by atoms with Gasteiger partial charge in [-0.2, -0.15) is 0 Å². The minimum Gasteiger partial charge on any atom is -0.506 e. The van der Waals surface area contributed by atoms with Crippen molar-refractivity contribution in [2.45, 2.75) is 26.9 Å². The van der Waals surface area contributed by atoms with Gasteiger partial charge in [0.05, 0.1) is 9.85 Å². The van der Waals surface area contributed by atoms with Crippen LogP contribution in [0.4, 0.5) is 33.6 Å². The molecule has 0 bridgehead atoms. The summed E-state index contributed by atoms with van der Waals surface area (Å²) in [5.41, 5.74) is -0.604. The van der Waals surface area contributed by atoms with E-state index in [0.717, 1.165) is 47.7 Å². The number of nitrogens with zero attached hydrogens (tertiary/aromatic N) is 8. The molecule has 43 heavy (non-hydrogen) atoms. The van der Waals surface area contributed by atoms with Gasteiger partial charge in [0.25, 0.3) is 11.4 Å². The second-order valence-electron chi connectivity index (χ2n) is 7.85. The van der Waals surface area contributed by atoms with E-state index in [1.165, 1.54) is 9.13 Å². The molecule has 0 aliphatic carbocycles. The predicted octanol–water partition coefficient (Wildman–Crippen LogP) is 7.33. The first kappa shape index (κ1) is 34.6. The minimum absolute atomic E-state index is 0. The van der Waals surface area contributed by atoms with Crippen molar-refractivity contribution < 1.29 is 47.1 Å². The summed E-state index contributed by atoms with van der Waals surface area (Å²) in [5.74, 6) is -0.829. The average molecular weight is 695 g/mol. The van der Waals surface area contributed by atoms with Crippen molar-refractivity contribution in [3.05, 3.63) is 65.4 Å². The average Bonchev–Trinajstić information content (AvgIpc) is 3.39. The van der Waals surface area contributed by atoms with Crippen LogP contribution < -0.4 is 0 Å². The van der Waals surface area contributed by atoms with Crippen LogP contribution in [0.5, 0.6) is 23.3 Å². The van der Waals surface area contributed by atoms with Crippen molar-refractivity contribution in [3.8, 4) is 23.3 Å². The number of phenolic OH excluding ortho intramolecular Hbond substituents is 2. The zero-order valence-electron chi connectivity index (χ0n) is 21.9. The van der Waals surface area contributed by atoms with Crippen LogP contribution in [-0.2, 0) is 29.9 Å². The van der Waals surface area contributed by atoms with Crippen LogP contribution in [0, 0.1) is 29.0 Å². The number of non-ortho nitro benzene ring substituents is 2. The summed E-state index contributed by atoms with van der Waals surface area (Å²) in [5, 5.41) is 75.4. The molecule has 4 rings (SSSR count). The van der Waals surface area contributed by atoms with E-state index in [1.807, 2.05) is 6.92 Å². The quantitative estimate of drug-likeness (QED) is 0.0532. The van der Waals surface area contributed by atoms with Crippen LogP contribution >= 0.6 is 35.8 Å². The summed E-state index contributed by atoms with van der Waals surface area (Å²) in [7, 11) is 0. The SMILES string of the molecule is CCn1c(O)c(N=Nc2cc([N+](=O)[O-])ccc2O)[nH]c1=S.CCn1c(O)c(N=Nc2cc([N+](=O)[O-])ccc2O)sc1=S.[Co]. The van der Waals surface area contributed by atoms with Crippen molar-refractivity contribution in [1.29, 1.82) is 0 Å². The van der Waals surface area contributed by atoms with E-state index in [9.17, 15) is 40.7 Å². The van der Waals surface area contributed by atoms with Gasteiger partial charge in [-0.05, 0) is 50.4 Å². The maximum atomic E-state index is 10.7. The van der Waals surface area contributed by atoms with Crippen molar-refractivity contribution in [2.75, 3.05) is 0 Å². The van der Waals surface area contributed by atoms with E-state index >= 15 is 0 Å². The fraction of sp³-hybridized carbons (Fsp3) is 0.182. The number of thiazole rings is 1. The Bertz CT molecular complexity index is 1700. The first-order valence-electron chi connectivity index (χ1n) is 11.6. The smallest absolute Gasteiger partial charge is 0.271 e. The third kappa shape index (κ3) is 8.26. The molecule has 0 fully saturated rings. The Kier molecular flexibility index (Phi) is 12.1. The number of nitro benzene ring substituents is 2. The molecule has 0 aliphatic rings. The second-order valence-corrected chi connectivity index (χ2v) is 9.86. The molecule has 0 saturated heterocycles. The van der Waals surface area contributed by atoms with Crippen LogP contribution in [0.2, 0.25) is 0 Å². The Labute approximate surface area is 265 Å². The number of phenols is 2. The molecule has 0 atom stereocenters. The van der Waals surface area contributed by atoms with Crippen LogP contribution in [0.15, 0.2) is 56.9 Å². The van der Waals surface area contributed by atoms with Gasteiger partial charge in [-0.3, -0.25) is 29.4 Å². The third-order valence-corrected chi connectivity index (χ3v) is 6.91. The van der Waals surface area contributed by atoms with E-state index in [2.05, 4.69) is 25.4 Å². The standard InChI is InChI=1S/C11H11N5O4S.C11H10N4O4S2.Co/c1-2-15-10(18)9(12-11(15)21)14-13-7-5-6(16(19)20)3-4-8(7)17;1-2-14-10(17)9(21-11(14)20)13-12-7-5-6(15(18)19)3-4-8(7)16;/h3-5,17-18H,2H2,1H3,(H,12,21);3-5,16-17H,2H2,1H3;. The number of H-pyrrole nitrogens is 1. The molecule has 229 valence electrons. The van der Waals surface area contributed by atoms with Gasteiger partial charge in [0.15, 0.2) is 8.73 Å². The van der Waals surface area contributed by atoms with Crippen molar-refractivity contribution in [2.24, 2.45) is 20.5 Å². The van der Waals surface area contributed by atoms with Gasteiger partial charge in [0.1, 0.15) is 22.9 Å². The Morgan fingerprint density at radius 3 is 1.72 bits per heavy atom. The summed E-state index contributed by atoms with van der Waals surface area (Å²) in [4.78, 5) is 22.8. The number of benzene rings is 2. The Morgan fingerprint density at radius 1 is 0.814 bits per heavy atom. The zero-order chi connectivity index (χ0) is 31.1. The molecule has 21 heteroatoms. The fourth-order valence-corrected chi connectivity index (χ4v) is 4.69. The number of nitro groups is 2. The number of aromatic nitrogens is 3. The van der Waals surface area contributed by atoms with Gasteiger partial charge in [-0.25, -0.2) is 0 Å². The molecule has 0 spiro atoms. The number of imidazole rings is 1. The van der Waals surface area contributed by atoms with Gasteiger partial charge in [0.2, 0.25) is 22.6 Å². The minimum atomic E-state index is -0.614. The van der Waals surface area contributed by atoms with E-state index in [4.69, 9.17) is 24.4 Å². The Morgan fingerprint density at radius 2 is 1.30 bits per heavy atom. The molecule has 0 amide bonds. The maximum absolute atomic E-state index is 10.7. The predicted molar refractivity (Wildman–Crippen MR) is 155 cm³/mol. The van der Waals surface area contributed by atoms with Crippen molar-refractivity contribution in [1.82, 2.24) is 14.1 Å². The maximum Gasteiger partial charge on any atom is 0.271 e. The van der Waals surface area contributed by atoms with E-state index in [1.54, 1.807) is 6.92 Å². The van der Waals surface area contributed by atoms with E-state index in [0.29, 0.717) is 17.0 Å². The number of aromatic hydroxyl groups is 4. The summed E-state index contributed by atoms with van der Waals surface area (Å²) >= 11 is 11.1. The van der Waals surface area contributed by atoms with Crippen molar-refractivity contribution >= 4 is 69.3 Å². The topological polar surface area (TPSA) is 242 Å². The molecule has 0 aliphatic heterocycles. The third-order valence-electron chi connectivity index (χ3n) is 5.27. The first-order valence-corrected chi connectivity index (χ1v) is 13.2. The number of rotatable bonds is 8. The van der Waals surface area contributed by atoms with Crippen molar-refractivity contribution in [3.63, 3.8) is 0 Å². The molecule has 2 aromatic heterocycles. The molecule has 1 radical (unpaired) electrons. The molecular formula is C22H21CoN9O8S3. The van der Waals surface area contributed by atoms with Gasteiger partial charge >= 0.3 is 0 Å². The molecule has 2 aromatic carbocycles. The van der Waals surface area contributed by atoms with E-state index < -0.39 is 9.85 Å². The summed E-state index contributed by atoms with van der Waals surface area (Å²) in [6, 6.07) is 6.76. The molecule has 17 nitrogen and oxygen atoms in total. The molecule has 0 unspecified atom stereocenters. The second kappa shape index (κ2) is 15.1.